The number of amides is 1. The van der Waals surface area contributed by atoms with E-state index in [9.17, 15) is 18.0 Å². The van der Waals surface area contributed by atoms with Crippen molar-refractivity contribution in [3.05, 3.63) is 30.2 Å². The third kappa shape index (κ3) is 6.17. The van der Waals surface area contributed by atoms with Crippen LogP contribution < -0.4 is 16.0 Å². The molecule has 0 unspecified atom stereocenters. The van der Waals surface area contributed by atoms with Crippen LogP contribution in [0.3, 0.4) is 0 Å². The molecule has 3 N–H and O–H groups in total. The maximum absolute atomic E-state index is 13.7. The highest BCUT2D eigenvalue weighted by atomic mass is 19.4. The summed E-state index contributed by atoms with van der Waals surface area (Å²) in [7, 11) is 0. The Morgan fingerprint density at radius 3 is 2.70 bits per heavy atom. The van der Waals surface area contributed by atoms with Crippen molar-refractivity contribution in [2.24, 2.45) is 11.8 Å². The molecule has 2 aliphatic rings. The molecule has 2 aromatic heterocycles. The highest BCUT2D eigenvalue weighted by Crippen LogP contribution is 2.37. The summed E-state index contributed by atoms with van der Waals surface area (Å²) in [6, 6.07) is 1.21. The Balaban J connectivity index is 1.55. The molecule has 0 bridgehead atoms. The first-order valence-corrected chi connectivity index (χ1v) is 11.1. The summed E-state index contributed by atoms with van der Waals surface area (Å²) in [6.07, 6.45) is 2.28. The van der Waals surface area contributed by atoms with Crippen LogP contribution in [-0.2, 0) is 15.7 Å². The number of aromatic nitrogens is 3. The van der Waals surface area contributed by atoms with Gasteiger partial charge >= 0.3 is 6.18 Å². The SMILES string of the molecule is O=C(Nc1cc(-c2cncc(NCC3CCOCC3)n2)c(C(F)(F)F)cn1)[C@@H]1CCCNC1. The van der Waals surface area contributed by atoms with Crippen LogP contribution in [0.2, 0.25) is 0 Å². The van der Waals surface area contributed by atoms with Crippen molar-refractivity contribution < 1.29 is 22.7 Å². The monoisotopic (exact) mass is 464 g/mol. The predicted molar refractivity (Wildman–Crippen MR) is 117 cm³/mol. The molecule has 8 nitrogen and oxygen atoms in total. The maximum Gasteiger partial charge on any atom is 0.418 e. The van der Waals surface area contributed by atoms with E-state index >= 15 is 0 Å². The van der Waals surface area contributed by atoms with Gasteiger partial charge in [-0.15, -0.1) is 0 Å². The number of ether oxygens (including phenoxy) is 1. The molecule has 2 fully saturated rings. The van der Waals surface area contributed by atoms with Crippen LogP contribution in [0, 0.1) is 11.8 Å². The third-order valence-electron chi connectivity index (χ3n) is 5.95. The molecule has 2 aliphatic heterocycles. The number of nitrogens with zero attached hydrogens (tertiary/aromatic N) is 3. The van der Waals surface area contributed by atoms with Gasteiger partial charge in [-0.1, -0.05) is 0 Å². The molecule has 1 amide bonds. The molecule has 178 valence electrons. The number of alkyl halides is 3. The zero-order chi connectivity index (χ0) is 23.3. The lowest BCUT2D eigenvalue weighted by molar-refractivity contribution is -0.137. The van der Waals surface area contributed by atoms with Gasteiger partial charge in [0.15, 0.2) is 0 Å². The number of piperidine rings is 1. The Labute approximate surface area is 189 Å². The van der Waals surface area contributed by atoms with Crippen LogP contribution in [0.15, 0.2) is 24.7 Å². The Hall–Kier alpha value is -2.79. The largest absolute Gasteiger partial charge is 0.418 e. The maximum atomic E-state index is 13.7. The van der Waals surface area contributed by atoms with Crippen LogP contribution in [0.4, 0.5) is 24.8 Å². The summed E-state index contributed by atoms with van der Waals surface area (Å²) in [5.74, 6) is 0.341. The number of carbonyl (C=O) groups excluding carboxylic acids is 1. The first kappa shape index (κ1) is 23.4. The number of carbonyl (C=O) groups is 1. The van der Waals surface area contributed by atoms with Crippen LogP contribution >= 0.6 is 0 Å². The van der Waals surface area contributed by atoms with E-state index in [1.807, 2.05) is 0 Å². The van der Waals surface area contributed by atoms with Gasteiger partial charge in [0.25, 0.3) is 0 Å². The van der Waals surface area contributed by atoms with E-state index < -0.39 is 11.7 Å². The highest BCUT2D eigenvalue weighted by Gasteiger charge is 2.35. The average molecular weight is 464 g/mol. The second-order valence-corrected chi connectivity index (χ2v) is 8.37. The van der Waals surface area contributed by atoms with Crippen molar-refractivity contribution in [3.63, 3.8) is 0 Å². The van der Waals surface area contributed by atoms with Gasteiger partial charge in [0.1, 0.15) is 11.6 Å². The van der Waals surface area contributed by atoms with E-state index in [4.69, 9.17) is 4.74 Å². The van der Waals surface area contributed by atoms with E-state index in [0.717, 1.165) is 38.4 Å². The smallest absolute Gasteiger partial charge is 0.381 e. The van der Waals surface area contributed by atoms with Gasteiger partial charge in [-0.05, 0) is 44.2 Å². The van der Waals surface area contributed by atoms with Crippen molar-refractivity contribution in [2.75, 3.05) is 43.5 Å². The molecule has 0 radical (unpaired) electrons. The minimum absolute atomic E-state index is 0.0518. The average Bonchev–Trinajstić information content (AvgIpc) is 2.83. The number of anilines is 2. The summed E-state index contributed by atoms with van der Waals surface area (Å²) in [6.45, 7) is 3.43. The van der Waals surface area contributed by atoms with Gasteiger partial charge in [0.05, 0.1) is 29.6 Å². The number of pyridine rings is 1. The normalized spacial score (nSPS) is 19.8. The summed E-state index contributed by atoms with van der Waals surface area (Å²) in [5, 5.41) is 8.97. The fourth-order valence-corrected chi connectivity index (χ4v) is 4.05. The number of hydrogen-bond acceptors (Lipinski definition) is 7. The number of hydrogen-bond donors (Lipinski definition) is 3. The molecule has 0 aromatic carbocycles. The fourth-order valence-electron chi connectivity index (χ4n) is 4.05. The summed E-state index contributed by atoms with van der Waals surface area (Å²) >= 11 is 0. The number of halogens is 3. The van der Waals surface area contributed by atoms with E-state index in [1.165, 1.54) is 18.5 Å². The standard InChI is InChI=1S/C22H27F3N6O2/c23-22(24,25)17-11-29-19(31-21(32)15-2-1-5-26-10-15)8-16(17)18-12-27-13-20(30-18)28-9-14-3-6-33-7-4-14/h8,11-15,26H,1-7,9-10H2,(H,28,30)(H,29,31,32)/t15-/m1/s1. The van der Waals surface area contributed by atoms with Crippen molar-refractivity contribution >= 4 is 17.5 Å². The third-order valence-corrected chi connectivity index (χ3v) is 5.95. The second-order valence-electron chi connectivity index (χ2n) is 8.37. The molecule has 0 saturated carbocycles. The van der Waals surface area contributed by atoms with Crippen LogP contribution in [0.5, 0.6) is 0 Å². The van der Waals surface area contributed by atoms with E-state index in [-0.39, 0.29) is 28.9 Å². The van der Waals surface area contributed by atoms with Gasteiger partial charge in [0.2, 0.25) is 5.91 Å². The molecule has 0 aliphatic carbocycles. The second kappa shape index (κ2) is 10.4. The molecule has 11 heteroatoms. The van der Waals surface area contributed by atoms with Crippen LogP contribution in [0.25, 0.3) is 11.3 Å². The van der Waals surface area contributed by atoms with E-state index in [0.29, 0.717) is 38.0 Å². The first-order valence-electron chi connectivity index (χ1n) is 11.1. The minimum atomic E-state index is -4.63. The number of rotatable bonds is 6. The highest BCUT2D eigenvalue weighted by molar-refractivity contribution is 5.92. The molecule has 0 spiro atoms. The molecular weight excluding hydrogens is 437 g/mol. The molecule has 4 rings (SSSR count). The van der Waals surface area contributed by atoms with E-state index in [1.54, 1.807) is 0 Å². The van der Waals surface area contributed by atoms with Gasteiger partial charge in [-0.2, -0.15) is 13.2 Å². The quantitative estimate of drug-likeness (QED) is 0.603. The van der Waals surface area contributed by atoms with Gasteiger partial charge < -0.3 is 20.7 Å². The predicted octanol–water partition coefficient (Wildman–Crippen LogP) is 3.33. The lowest BCUT2D eigenvalue weighted by Crippen LogP contribution is -2.37. The molecule has 4 heterocycles. The van der Waals surface area contributed by atoms with Crippen molar-refractivity contribution in [1.82, 2.24) is 20.3 Å². The van der Waals surface area contributed by atoms with Crippen molar-refractivity contribution in [1.29, 1.82) is 0 Å². The van der Waals surface area contributed by atoms with Crippen LogP contribution in [-0.4, -0.2) is 53.7 Å². The van der Waals surface area contributed by atoms with Gasteiger partial charge in [0, 0.05) is 38.1 Å². The zero-order valence-corrected chi connectivity index (χ0v) is 18.1. The molecule has 1 atom stereocenters. The topological polar surface area (TPSA) is 101 Å². The summed E-state index contributed by atoms with van der Waals surface area (Å²) in [5.41, 5.74) is -1.07. The fraction of sp³-hybridized carbons (Fsp3) is 0.545. The summed E-state index contributed by atoms with van der Waals surface area (Å²) in [4.78, 5) is 24.8. The zero-order valence-electron chi connectivity index (χ0n) is 18.1. The molecular formula is C22H27F3N6O2. The van der Waals surface area contributed by atoms with Crippen molar-refractivity contribution in [3.8, 4) is 11.3 Å². The van der Waals surface area contributed by atoms with Crippen molar-refractivity contribution in [2.45, 2.75) is 31.9 Å². The van der Waals surface area contributed by atoms with Crippen LogP contribution in [0.1, 0.15) is 31.2 Å². The first-order chi connectivity index (χ1) is 15.9. The molecule has 2 saturated heterocycles. The molecule has 2 aromatic rings. The summed E-state index contributed by atoms with van der Waals surface area (Å²) < 4.78 is 46.4. The van der Waals surface area contributed by atoms with Gasteiger partial charge in [-0.25, -0.2) is 9.97 Å². The molecule has 33 heavy (non-hydrogen) atoms. The minimum Gasteiger partial charge on any atom is -0.381 e. The van der Waals surface area contributed by atoms with E-state index in [2.05, 4.69) is 30.9 Å². The Bertz CT molecular complexity index is 959. The Morgan fingerprint density at radius 1 is 1.15 bits per heavy atom. The van der Waals surface area contributed by atoms with Gasteiger partial charge in [-0.3, -0.25) is 9.78 Å². The lowest BCUT2D eigenvalue weighted by atomic mass is 9.99. The lowest BCUT2D eigenvalue weighted by Gasteiger charge is -2.22. The Kier molecular flexibility index (Phi) is 7.39. The Morgan fingerprint density at radius 2 is 1.97 bits per heavy atom. The number of nitrogens with one attached hydrogen (secondary N) is 3.